The van der Waals surface area contributed by atoms with E-state index < -0.39 is 0 Å². The highest BCUT2D eigenvalue weighted by molar-refractivity contribution is 14.1. The van der Waals surface area contributed by atoms with Crippen molar-refractivity contribution >= 4 is 32.9 Å². The molecule has 0 N–H and O–H groups in total. The van der Waals surface area contributed by atoms with Crippen molar-refractivity contribution < 1.29 is 0 Å². The quantitative estimate of drug-likeness (QED) is 0.573. The summed E-state index contributed by atoms with van der Waals surface area (Å²) in [5, 5.41) is 0. The van der Waals surface area contributed by atoms with Crippen LogP contribution in [-0.2, 0) is 0 Å². The first-order valence-electron chi connectivity index (χ1n) is 5.04. The lowest BCUT2D eigenvalue weighted by Gasteiger charge is -2.08. The first-order chi connectivity index (χ1) is 7.15. The van der Waals surface area contributed by atoms with E-state index in [2.05, 4.69) is 72.6 Å². The average molecular weight is 313 g/mol. The van der Waals surface area contributed by atoms with E-state index in [-0.39, 0.29) is 0 Å². The number of nitrogens with zero attached hydrogens (tertiary/aromatic N) is 1. The number of aryl methyl sites for hydroxylation is 1. The molecule has 1 nitrogen and oxygen atoms in total. The molecule has 1 aromatic rings. The number of benzene rings is 1. The van der Waals surface area contributed by atoms with Crippen LogP contribution in [0.25, 0.3) is 6.08 Å². The van der Waals surface area contributed by atoms with Crippen molar-refractivity contribution in [2.24, 2.45) is 4.99 Å². The molecule has 0 heterocycles. The maximum Gasteiger partial charge on any atom is 0.0651 e. The molecular formula is C13H16IN. The van der Waals surface area contributed by atoms with Gasteiger partial charge in [0.25, 0.3) is 0 Å². The van der Waals surface area contributed by atoms with Gasteiger partial charge in [-0.05, 0) is 58.2 Å². The molecule has 15 heavy (non-hydrogen) atoms. The minimum Gasteiger partial charge on any atom is -0.258 e. The Bertz CT molecular complexity index is 378. The fourth-order valence-corrected chi connectivity index (χ4v) is 1.54. The Balaban J connectivity index is 3.00. The fraction of sp³-hybridized carbons (Fsp3) is 0.308. The van der Waals surface area contributed by atoms with E-state index in [1.807, 2.05) is 6.20 Å². The molecule has 0 unspecified atom stereocenters. The van der Waals surface area contributed by atoms with Crippen molar-refractivity contribution in [3.05, 3.63) is 41.1 Å². The summed E-state index contributed by atoms with van der Waals surface area (Å²) >= 11 is 2.11. The van der Waals surface area contributed by atoms with Gasteiger partial charge in [-0.2, -0.15) is 0 Å². The number of hydrogen-bond acceptors (Lipinski definition) is 1. The summed E-state index contributed by atoms with van der Waals surface area (Å²) in [7, 11) is 0. The predicted molar refractivity (Wildman–Crippen MR) is 76.8 cm³/mol. The molecule has 0 atom stereocenters. The van der Waals surface area contributed by atoms with Crippen LogP contribution in [0.3, 0.4) is 0 Å². The highest BCUT2D eigenvalue weighted by Gasteiger charge is 2.00. The van der Waals surface area contributed by atoms with Gasteiger partial charge in [-0.25, -0.2) is 0 Å². The molecule has 0 saturated heterocycles. The van der Waals surface area contributed by atoms with E-state index >= 15 is 0 Å². The van der Waals surface area contributed by atoms with Gasteiger partial charge in [-0.15, -0.1) is 0 Å². The molecule has 2 heteroatoms. The Kier molecular flexibility index (Phi) is 5.02. The molecule has 80 valence electrons. The second-order valence-electron chi connectivity index (χ2n) is 3.83. The Morgan fingerprint density at radius 2 is 2.07 bits per heavy atom. The van der Waals surface area contributed by atoms with Crippen molar-refractivity contribution in [1.29, 1.82) is 0 Å². The predicted octanol–water partition coefficient (Wildman–Crippen LogP) is 4.55. The van der Waals surface area contributed by atoms with E-state index in [4.69, 9.17) is 0 Å². The highest BCUT2D eigenvalue weighted by atomic mass is 127. The summed E-state index contributed by atoms with van der Waals surface area (Å²) in [6, 6.07) is 6.60. The van der Waals surface area contributed by atoms with Crippen LogP contribution in [0.15, 0.2) is 29.4 Å². The third-order valence-corrected chi connectivity index (χ3v) is 2.69. The van der Waals surface area contributed by atoms with Crippen molar-refractivity contribution in [3.63, 3.8) is 0 Å². The molecule has 0 saturated carbocycles. The average Bonchev–Trinajstić information content (AvgIpc) is 2.20. The minimum absolute atomic E-state index is 0.575. The third kappa shape index (κ3) is 3.78. The Hall–Kier alpha value is -0.640. The van der Waals surface area contributed by atoms with E-state index in [0.717, 1.165) is 0 Å². The first-order valence-corrected chi connectivity index (χ1v) is 6.28. The molecule has 0 spiro atoms. The lowest BCUT2D eigenvalue weighted by Crippen LogP contribution is -1.89. The maximum absolute atomic E-state index is 4.06. The normalized spacial score (nSPS) is 12.1. The molecule has 0 radical (unpaired) electrons. The van der Waals surface area contributed by atoms with Crippen LogP contribution in [0.5, 0.6) is 0 Å². The van der Waals surface area contributed by atoms with Crippen LogP contribution < -0.4 is 0 Å². The summed E-state index contributed by atoms with van der Waals surface area (Å²) in [6.07, 6.45) is 3.88. The van der Waals surface area contributed by atoms with E-state index in [1.54, 1.807) is 4.22 Å². The Morgan fingerprint density at radius 3 is 2.67 bits per heavy atom. The van der Waals surface area contributed by atoms with Crippen LogP contribution >= 0.6 is 22.6 Å². The summed E-state index contributed by atoms with van der Waals surface area (Å²) in [4.78, 5) is 4.06. The molecule has 0 aliphatic heterocycles. The van der Waals surface area contributed by atoms with Gasteiger partial charge in [0.05, 0.1) is 4.22 Å². The Morgan fingerprint density at radius 1 is 1.33 bits per heavy atom. The summed E-state index contributed by atoms with van der Waals surface area (Å²) in [5.74, 6) is 0.575. The topological polar surface area (TPSA) is 12.4 Å². The van der Waals surface area contributed by atoms with Gasteiger partial charge in [-0.1, -0.05) is 32.0 Å². The van der Waals surface area contributed by atoms with E-state index in [1.165, 1.54) is 16.7 Å². The van der Waals surface area contributed by atoms with Crippen LogP contribution in [0.2, 0.25) is 0 Å². The number of hydrogen-bond donors (Lipinski definition) is 0. The third-order valence-electron chi connectivity index (χ3n) is 2.37. The van der Waals surface area contributed by atoms with E-state index in [9.17, 15) is 0 Å². The van der Waals surface area contributed by atoms with Crippen LogP contribution in [0.4, 0.5) is 0 Å². The number of rotatable bonds is 3. The van der Waals surface area contributed by atoms with Crippen LogP contribution in [0, 0.1) is 6.92 Å². The zero-order valence-corrected chi connectivity index (χ0v) is 11.5. The van der Waals surface area contributed by atoms with Gasteiger partial charge in [0.15, 0.2) is 0 Å². The molecule has 0 aliphatic carbocycles. The van der Waals surface area contributed by atoms with Crippen molar-refractivity contribution in [1.82, 2.24) is 0 Å². The van der Waals surface area contributed by atoms with Crippen molar-refractivity contribution in [2.75, 3.05) is 0 Å². The largest absolute Gasteiger partial charge is 0.258 e. The molecule has 0 bridgehead atoms. The smallest absolute Gasteiger partial charge is 0.0651 e. The number of halogens is 1. The molecule has 0 aliphatic rings. The molecule has 0 fully saturated rings. The van der Waals surface area contributed by atoms with Crippen LogP contribution in [0.1, 0.15) is 36.5 Å². The van der Waals surface area contributed by atoms with Gasteiger partial charge in [0.1, 0.15) is 0 Å². The minimum atomic E-state index is 0.575. The lowest BCUT2D eigenvalue weighted by atomic mass is 9.98. The van der Waals surface area contributed by atoms with Gasteiger partial charge in [0.2, 0.25) is 0 Å². The molecule has 0 aromatic heterocycles. The van der Waals surface area contributed by atoms with Gasteiger partial charge in [-0.3, -0.25) is 4.99 Å². The Labute approximate surface area is 105 Å². The molecule has 1 aromatic carbocycles. The zero-order valence-electron chi connectivity index (χ0n) is 9.37. The second kappa shape index (κ2) is 6.05. The SMILES string of the molecule is Cc1ccc(C(C)C)cc1/C=C\N=C\I. The van der Waals surface area contributed by atoms with Crippen molar-refractivity contribution in [2.45, 2.75) is 26.7 Å². The fourth-order valence-electron chi connectivity index (χ4n) is 1.35. The zero-order chi connectivity index (χ0) is 11.3. The summed E-state index contributed by atoms with van der Waals surface area (Å²) < 4.78 is 1.76. The first kappa shape index (κ1) is 12.4. The van der Waals surface area contributed by atoms with Gasteiger partial charge < -0.3 is 0 Å². The van der Waals surface area contributed by atoms with E-state index in [0.29, 0.717) is 5.92 Å². The molecular weight excluding hydrogens is 297 g/mol. The lowest BCUT2D eigenvalue weighted by molar-refractivity contribution is 0.865. The highest BCUT2D eigenvalue weighted by Crippen LogP contribution is 2.19. The molecule has 1 rings (SSSR count). The second-order valence-corrected chi connectivity index (χ2v) is 4.39. The monoisotopic (exact) mass is 313 g/mol. The standard InChI is InChI=1S/C13H16IN/c1-10(2)12-5-4-11(3)13(8-12)6-7-15-9-14/h4-10H,1-3H3/b7-6-,15-9+. The van der Waals surface area contributed by atoms with Gasteiger partial charge >= 0.3 is 0 Å². The molecule has 0 amide bonds. The maximum atomic E-state index is 4.06. The summed E-state index contributed by atoms with van der Waals surface area (Å²) in [6.45, 7) is 6.54. The number of aliphatic imine (C=N–C) groups is 1. The van der Waals surface area contributed by atoms with Crippen molar-refractivity contribution in [3.8, 4) is 0 Å². The van der Waals surface area contributed by atoms with Crippen LogP contribution in [-0.4, -0.2) is 4.22 Å². The van der Waals surface area contributed by atoms with Gasteiger partial charge in [0, 0.05) is 6.20 Å². The summed E-state index contributed by atoms with van der Waals surface area (Å²) in [5.41, 5.74) is 3.92.